The molecule has 0 aliphatic heterocycles. The van der Waals surface area contributed by atoms with Crippen LogP contribution in [0.25, 0.3) is 11.4 Å². The van der Waals surface area contributed by atoms with Gasteiger partial charge in [0.05, 0.1) is 25.5 Å². The minimum absolute atomic E-state index is 0.329. The minimum Gasteiger partial charge on any atom is -0.497 e. The maximum Gasteiger partial charge on any atom is 0.246 e. The van der Waals surface area contributed by atoms with E-state index in [1.54, 1.807) is 19.5 Å². The van der Waals surface area contributed by atoms with E-state index in [-0.39, 0.29) is 0 Å². The van der Waals surface area contributed by atoms with E-state index in [1.807, 2.05) is 36.4 Å². The number of rotatable bonds is 5. The van der Waals surface area contributed by atoms with E-state index in [9.17, 15) is 0 Å². The molecular formula is C16H15N5O2S. The summed E-state index contributed by atoms with van der Waals surface area (Å²) in [4.78, 5) is 8.34. The molecule has 2 heterocycles. The molecular weight excluding hydrogens is 326 g/mol. The van der Waals surface area contributed by atoms with Crippen LogP contribution in [0.15, 0.2) is 53.3 Å². The molecule has 0 aliphatic rings. The summed E-state index contributed by atoms with van der Waals surface area (Å²) in [6.07, 6.45) is 3.38. The van der Waals surface area contributed by atoms with Crippen molar-refractivity contribution in [2.24, 2.45) is 0 Å². The first kappa shape index (κ1) is 15.9. The van der Waals surface area contributed by atoms with Gasteiger partial charge in [0, 0.05) is 11.8 Å². The topological polar surface area (TPSA) is 85.1 Å². The highest BCUT2D eigenvalue weighted by Crippen LogP contribution is 2.19. The van der Waals surface area contributed by atoms with Gasteiger partial charge in [0.25, 0.3) is 0 Å². The average Bonchev–Trinajstić information content (AvgIpc) is 3.10. The Morgan fingerprint density at radius 2 is 2.08 bits per heavy atom. The molecule has 0 atom stereocenters. The number of methoxy groups -OCH3 is 1. The molecule has 3 aromatic rings. The fraction of sp³-hybridized carbons (Fsp3) is 0.125. The predicted octanol–water partition coefficient (Wildman–Crippen LogP) is 2.63. The van der Waals surface area contributed by atoms with Crippen LogP contribution in [0.2, 0.25) is 0 Å². The molecule has 0 aliphatic carbocycles. The molecule has 0 fully saturated rings. The minimum atomic E-state index is 0.329. The van der Waals surface area contributed by atoms with Crippen LogP contribution in [-0.2, 0) is 6.54 Å². The van der Waals surface area contributed by atoms with Crippen LogP contribution in [0, 0.1) is 0 Å². The van der Waals surface area contributed by atoms with Crippen LogP contribution < -0.4 is 15.4 Å². The van der Waals surface area contributed by atoms with Gasteiger partial charge in [-0.3, -0.25) is 4.98 Å². The second kappa shape index (κ2) is 7.51. The predicted molar refractivity (Wildman–Crippen MR) is 93.6 cm³/mol. The van der Waals surface area contributed by atoms with E-state index in [2.05, 4.69) is 25.8 Å². The summed E-state index contributed by atoms with van der Waals surface area (Å²) in [5.41, 5.74) is 1.65. The quantitative estimate of drug-likeness (QED) is 0.685. The van der Waals surface area contributed by atoms with Crippen molar-refractivity contribution in [3.8, 4) is 17.1 Å². The number of ether oxygens (including phenoxy) is 1. The van der Waals surface area contributed by atoms with Crippen molar-refractivity contribution < 1.29 is 9.26 Å². The first-order chi connectivity index (χ1) is 11.7. The molecule has 0 amide bonds. The Hall–Kier alpha value is -3.00. The van der Waals surface area contributed by atoms with Crippen molar-refractivity contribution >= 4 is 23.0 Å². The first-order valence-corrected chi connectivity index (χ1v) is 7.57. The van der Waals surface area contributed by atoms with Crippen LogP contribution in [0.1, 0.15) is 5.89 Å². The number of pyridine rings is 1. The highest BCUT2D eigenvalue weighted by Gasteiger charge is 2.09. The molecule has 2 aromatic heterocycles. The van der Waals surface area contributed by atoms with Crippen LogP contribution in [0.5, 0.6) is 5.75 Å². The summed E-state index contributed by atoms with van der Waals surface area (Å²) in [7, 11) is 1.62. The van der Waals surface area contributed by atoms with Crippen molar-refractivity contribution in [1.29, 1.82) is 0 Å². The molecule has 0 saturated heterocycles. The van der Waals surface area contributed by atoms with E-state index in [4.69, 9.17) is 21.5 Å². The molecule has 3 rings (SSSR count). The number of thiocarbonyl (C=S) groups is 1. The third kappa shape index (κ3) is 4.05. The Morgan fingerprint density at radius 3 is 2.79 bits per heavy atom. The molecule has 7 nitrogen and oxygen atoms in total. The molecule has 122 valence electrons. The van der Waals surface area contributed by atoms with Gasteiger partial charge in [0.2, 0.25) is 11.7 Å². The second-order valence-corrected chi connectivity index (χ2v) is 5.20. The van der Waals surface area contributed by atoms with Crippen molar-refractivity contribution in [1.82, 2.24) is 20.4 Å². The number of nitrogens with one attached hydrogen (secondary N) is 2. The summed E-state index contributed by atoms with van der Waals surface area (Å²) >= 11 is 5.21. The molecule has 0 saturated carbocycles. The highest BCUT2D eigenvalue weighted by atomic mass is 32.1. The zero-order chi connectivity index (χ0) is 16.8. The van der Waals surface area contributed by atoms with Crippen molar-refractivity contribution in [3.63, 3.8) is 0 Å². The lowest BCUT2D eigenvalue weighted by molar-refractivity contribution is 0.376. The zero-order valence-electron chi connectivity index (χ0n) is 12.9. The third-order valence-electron chi connectivity index (χ3n) is 3.14. The highest BCUT2D eigenvalue weighted by molar-refractivity contribution is 7.80. The fourth-order valence-electron chi connectivity index (χ4n) is 1.95. The normalized spacial score (nSPS) is 10.2. The molecule has 8 heteroatoms. The molecule has 0 spiro atoms. The van der Waals surface area contributed by atoms with Crippen molar-refractivity contribution in [2.75, 3.05) is 12.4 Å². The molecule has 0 bridgehead atoms. The van der Waals surface area contributed by atoms with Gasteiger partial charge in [0.15, 0.2) is 5.11 Å². The number of benzene rings is 1. The van der Waals surface area contributed by atoms with E-state index < -0.39 is 0 Å². The van der Waals surface area contributed by atoms with Gasteiger partial charge >= 0.3 is 0 Å². The Kier molecular flexibility index (Phi) is 4.97. The summed E-state index contributed by atoms with van der Waals surface area (Å²) in [5.74, 6) is 1.73. The molecule has 0 radical (unpaired) electrons. The third-order valence-corrected chi connectivity index (χ3v) is 3.38. The summed E-state index contributed by atoms with van der Waals surface area (Å²) in [5, 5.41) is 10.4. The zero-order valence-corrected chi connectivity index (χ0v) is 13.7. The monoisotopic (exact) mass is 341 g/mol. The van der Waals surface area contributed by atoms with Gasteiger partial charge in [0.1, 0.15) is 5.75 Å². The Labute approximate surface area is 144 Å². The fourth-order valence-corrected chi connectivity index (χ4v) is 2.14. The largest absolute Gasteiger partial charge is 0.497 e. The second-order valence-electron chi connectivity index (χ2n) is 4.79. The number of aromatic nitrogens is 3. The van der Waals surface area contributed by atoms with Crippen molar-refractivity contribution in [3.05, 3.63) is 54.7 Å². The lowest BCUT2D eigenvalue weighted by Crippen LogP contribution is -2.28. The Bertz CT molecular complexity index is 805. The van der Waals surface area contributed by atoms with Crippen LogP contribution >= 0.6 is 12.2 Å². The van der Waals surface area contributed by atoms with Gasteiger partial charge in [-0.2, -0.15) is 4.98 Å². The van der Waals surface area contributed by atoms with Gasteiger partial charge < -0.3 is 19.9 Å². The van der Waals surface area contributed by atoms with E-state index in [0.717, 1.165) is 17.0 Å². The van der Waals surface area contributed by atoms with Gasteiger partial charge in [-0.05, 0) is 48.6 Å². The summed E-state index contributed by atoms with van der Waals surface area (Å²) in [6, 6.07) is 11.1. The number of hydrogen-bond acceptors (Lipinski definition) is 6. The number of hydrogen-bond donors (Lipinski definition) is 2. The maximum absolute atomic E-state index is 5.22. The van der Waals surface area contributed by atoms with E-state index in [1.165, 1.54) is 0 Å². The maximum atomic E-state index is 5.22. The summed E-state index contributed by atoms with van der Waals surface area (Å²) in [6.45, 7) is 0.329. The van der Waals surface area contributed by atoms with Crippen LogP contribution in [-0.4, -0.2) is 27.3 Å². The molecule has 1 aromatic carbocycles. The standard InChI is InChI=1S/C16H15N5O2S/c1-22-13-6-4-11(5-7-13)15-20-14(23-21-15)10-18-16(24)19-12-3-2-8-17-9-12/h2-9H,10H2,1H3,(H2,18,19,24). The molecule has 0 unspecified atom stereocenters. The number of nitrogens with zero attached hydrogens (tertiary/aromatic N) is 3. The van der Waals surface area contributed by atoms with Crippen LogP contribution in [0.4, 0.5) is 5.69 Å². The van der Waals surface area contributed by atoms with Crippen molar-refractivity contribution in [2.45, 2.75) is 6.54 Å². The Morgan fingerprint density at radius 1 is 1.25 bits per heavy atom. The Balaban J connectivity index is 1.56. The van der Waals surface area contributed by atoms with Gasteiger partial charge in [-0.25, -0.2) is 0 Å². The smallest absolute Gasteiger partial charge is 0.246 e. The van der Waals surface area contributed by atoms with Crippen LogP contribution in [0.3, 0.4) is 0 Å². The van der Waals surface area contributed by atoms with E-state index >= 15 is 0 Å². The molecule has 2 N–H and O–H groups in total. The van der Waals surface area contributed by atoms with Gasteiger partial charge in [-0.1, -0.05) is 5.16 Å². The first-order valence-electron chi connectivity index (χ1n) is 7.16. The SMILES string of the molecule is COc1ccc(-c2noc(CNC(=S)Nc3cccnc3)n2)cc1. The average molecular weight is 341 g/mol. The summed E-state index contributed by atoms with van der Waals surface area (Å²) < 4.78 is 10.3. The lowest BCUT2D eigenvalue weighted by Gasteiger charge is -2.07. The van der Waals surface area contributed by atoms with Gasteiger partial charge in [-0.15, -0.1) is 0 Å². The van der Waals surface area contributed by atoms with E-state index in [0.29, 0.717) is 23.4 Å². The lowest BCUT2D eigenvalue weighted by atomic mass is 10.2. The molecule has 24 heavy (non-hydrogen) atoms. The number of anilines is 1.